The molecule has 1 heterocycles. The number of ether oxygens (including phenoxy) is 2. The van der Waals surface area contributed by atoms with Crippen LogP contribution in [0.1, 0.15) is 117 Å². The normalized spacial score (nSPS) is 10.9. The second-order valence-corrected chi connectivity index (χ2v) is 11.1. The predicted molar refractivity (Wildman–Crippen MR) is 173 cm³/mol. The van der Waals surface area contributed by atoms with E-state index in [1.54, 1.807) is 49.6 Å². The van der Waals surface area contributed by atoms with Gasteiger partial charge in [-0.15, -0.1) is 0 Å². The summed E-state index contributed by atoms with van der Waals surface area (Å²) in [4.78, 5) is 28.8. The summed E-state index contributed by atoms with van der Waals surface area (Å²) in [7, 11) is 1.59. The number of hydrogen-bond donors (Lipinski definition) is 0. The van der Waals surface area contributed by atoms with Crippen LogP contribution in [0.4, 0.5) is 0 Å². The number of benzene rings is 2. The highest BCUT2D eigenvalue weighted by molar-refractivity contribution is 6.10. The highest BCUT2D eigenvalue weighted by atomic mass is 16.5. The first-order valence-corrected chi connectivity index (χ1v) is 16.3. The number of imide groups is 1. The average Bonchev–Trinajstić information content (AvgIpc) is 3.05. The highest BCUT2D eigenvalue weighted by Gasteiger charge is 2.28. The first-order chi connectivity index (χ1) is 21.1. The average molecular weight is 588 g/mol. The first kappa shape index (κ1) is 33.8. The number of unbranched alkanes of at least 4 members (excludes halogenated alkanes) is 11. The van der Waals surface area contributed by atoms with Gasteiger partial charge >= 0.3 is 0 Å². The van der Waals surface area contributed by atoms with Gasteiger partial charge in [0, 0.05) is 23.3 Å². The number of amides is 2. The molecule has 0 atom stereocenters. The zero-order valence-electron chi connectivity index (χ0n) is 26.6. The molecule has 0 aliphatic rings. The molecular formula is C37H51N2O4+. The maximum Gasteiger partial charge on any atom is 0.261 e. The van der Waals surface area contributed by atoms with Gasteiger partial charge < -0.3 is 9.47 Å². The van der Waals surface area contributed by atoms with E-state index in [9.17, 15) is 9.59 Å². The largest absolute Gasteiger partial charge is 0.493 e. The van der Waals surface area contributed by atoms with Crippen LogP contribution < -0.4 is 14.0 Å². The molecule has 232 valence electrons. The van der Waals surface area contributed by atoms with Crippen LogP contribution in [0.15, 0.2) is 72.9 Å². The Morgan fingerprint density at radius 1 is 0.674 bits per heavy atom. The quantitative estimate of drug-likeness (QED) is 0.0755. The van der Waals surface area contributed by atoms with E-state index < -0.39 is 0 Å². The van der Waals surface area contributed by atoms with E-state index in [2.05, 4.69) is 6.92 Å². The van der Waals surface area contributed by atoms with Crippen LogP contribution in [0.3, 0.4) is 0 Å². The number of hydrogen-bond acceptors (Lipinski definition) is 4. The smallest absolute Gasteiger partial charge is 0.261 e. The molecule has 2 aromatic carbocycles. The SMILES string of the molecule is CCCCCCCCCCCCCCOc1cc(C(=O)N(Cc2cccc[n+]2CC)C(=O)c2ccccc2)ccc1OC. The lowest BCUT2D eigenvalue weighted by Gasteiger charge is -2.21. The third-order valence-corrected chi connectivity index (χ3v) is 7.87. The summed E-state index contributed by atoms with van der Waals surface area (Å²) in [6, 6.07) is 19.9. The van der Waals surface area contributed by atoms with Gasteiger partial charge in [-0.05, 0) is 43.7 Å². The molecular weight excluding hydrogens is 536 g/mol. The molecule has 43 heavy (non-hydrogen) atoms. The van der Waals surface area contributed by atoms with Crippen LogP contribution in [0.5, 0.6) is 11.5 Å². The van der Waals surface area contributed by atoms with Gasteiger partial charge in [-0.3, -0.25) is 14.5 Å². The Balaban J connectivity index is 1.59. The van der Waals surface area contributed by atoms with Gasteiger partial charge in [-0.2, -0.15) is 0 Å². The molecule has 0 aliphatic carbocycles. The molecule has 0 spiro atoms. The van der Waals surface area contributed by atoms with Crippen molar-refractivity contribution >= 4 is 11.8 Å². The maximum atomic E-state index is 13.9. The van der Waals surface area contributed by atoms with E-state index in [1.165, 1.54) is 69.1 Å². The number of methoxy groups -OCH3 is 1. The van der Waals surface area contributed by atoms with Gasteiger partial charge in [-0.1, -0.05) is 102 Å². The third-order valence-electron chi connectivity index (χ3n) is 7.87. The third kappa shape index (κ3) is 11.2. The van der Waals surface area contributed by atoms with E-state index in [0.717, 1.165) is 25.1 Å². The molecule has 2 amide bonds. The lowest BCUT2D eigenvalue weighted by molar-refractivity contribution is -0.701. The molecule has 0 bridgehead atoms. The number of carbonyl (C=O) groups is 2. The number of aromatic nitrogens is 1. The van der Waals surface area contributed by atoms with Crippen molar-refractivity contribution in [2.24, 2.45) is 0 Å². The second kappa shape index (κ2) is 19.5. The minimum Gasteiger partial charge on any atom is -0.493 e. The van der Waals surface area contributed by atoms with Crippen molar-refractivity contribution in [3.63, 3.8) is 0 Å². The fourth-order valence-electron chi connectivity index (χ4n) is 5.30. The lowest BCUT2D eigenvalue weighted by Crippen LogP contribution is -2.43. The minimum atomic E-state index is -0.377. The van der Waals surface area contributed by atoms with Crippen molar-refractivity contribution < 1.29 is 23.6 Å². The molecule has 0 saturated heterocycles. The zero-order valence-corrected chi connectivity index (χ0v) is 26.6. The summed E-state index contributed by atoms with van der Waals surface area (Å²) in [6.07, 6.45) is 17.3. The second-order valence-electron chi connectivity index (χ2n) is 11.1. The monoisotopic (exact) mass is 587 g/mol. The Morgan fingerprint density at radius 2 is 1.28 bits per heavy atom. The van der Waals surface area contributed by atoms with E-state index in [0.29, 0.717) is 29.2 Å². The topological polar surface area (TPSA) is 59.7 Å². The standard InChI is InChI=1S/C37H51N2O4/c1-4-6-7-8-9-10-11-12-13-14-15-21-28-43-35-29-32(25-26-34(35)42-3)37(41)39(36(40)31-22-17-16-18-23-31)30-33-24-19-20-27-38(33)5-2/h16-20,22-27,29H,4-15,21,28,30H2,1-3H3/q+1. The van der Waals surface area contributed by atoms with E-state index in [4.69, 9.17) is 9.47 Å². The fraction of sp³-hybridized carbons (Fsp3) is 0.486. The number of pyridine rings is 1. The van der Waals surface area contributed by atoms with Crippen molar-refractivity contribution in [3.05, 3.63) is 89.7 Å². The van der Waals surface area contributed by atoms with Crippen molar-refractivity contribution in [1.82, 2.24) is 4.90 Å². The van der Waals surface area contributed by atoms with Crippen LogP contribution in [-0.2, 0) is 13.1 Å². The molecule has 0 aliphatic heterocycles. The zero-order chi connectivity index (χ0) is 30.7. The first-order valence-electron chi connectivity index (χ1n) is 16.3. The molecule has 0 radical (unpaired) electrons. The Bertz CT molecular complexity index is 1240. The van der Waals surface area contributed by atoms with Crippen molar-refractivity contribution in [2.75, 3.05) is 13.7 Å². The van der Waals surface area contributed by atoms with E-state index >= 15 is 0 Å². The Hall–Kier alpha value is -3.67. The molecule has 3 rings (SSSR count). The van der Waals surface area contributed by atoms with Gasteiger partial charge in [0.1, 0.15) is 13.1 Å². The molecule has 0 saturated carbocycles. The number of nitrogens with zero attached hydrogens (tertiary/aromatic N) is 2. The van der Waals surface area contributed by atoms with Gasteiger partial charge in [0.15, 0.2) is 17.7 Å². The van der Waals surface area contributed by atoms with E-state index in [1.807, 2.05) is 42.0 Å². The van der Waals surface area contributed by atoms with Crippen LogP contribution in [0, 0.1) is 0 Å². The summed E-state index contributed by atoms with van der Waals surface area (Å²) in [5.74, 6) is 0.375. The molecule has 0 N–H and O–H groups in total. The predicted octanol–water partition coefficient (Wildman–Crippen LogP) is 8.57. The van der Waals surface area contributed by atoms with Gasteiger partial charge in [0.05, 0.1) is 13.7 Å². The van der Waals surface area contributed by atoms with Crippen molar-refractivity contribution in [2.45, 2.75) is 104 Å². The number of carbonyl (C=O) groups excluding carboxylic acids is 2. The summed E-state index contributed by atoms with van der Waals surface area (Å²) >= 11 is 0. The molecule has 1 aromatic heterocycles. The van der Waals surface area contributed by atoms with Crippen LogP contribution in [0.25, 0.3) is 0 Å². The number of aryl methyl sites for hydroxylation is 1. The maximum absolute atomic E-state index is 13.9. The van der Waals surface area contributed by atoms with Crippen molar-refractivity contribution in [3.8, 4) is 11.5 Å². The van der Waals surface area contributed by atoms with Crippen LogP contribution in [-0.4, -0.2) is 30.4 Å². The van der Waals surface area contributed by atoms with Gasteiger partial charge in [0.2, 0.25) is 5.69 Å². The summed E-state index contributed by atoms with van der Waals surface area (Å²) < 4.78 is 13.7. The van der Waals surface area contributed by atoms with Crippen LogP contribution >= 0.6 is 0 Å². The summed E-state index contributed by atoms with van der Waals surface area (Å²) in [5.41, 5.74) is 1.72. The Morgan fingerprint density at radius 3 is 1.91 bits per heavy atom. The molecule has 6 nitrogen and oxygen atoms in total. The molecule has 3 aromatic rings. The fourth-order valence-corrected chi connectivity index (χ4v) is 5.30. The highest BCUT2D eigenvalue weighted by Crippen LogP contribution is 2.29. The van der Waals surface area contributed by atoms with Gasteiger partial charge in [-0.25, -0.2) is 4.57 Å². The molecule has 6 heteroatoms. The Kier molecular flexibility index (Phi) is 15.3. The molecule has 0 unspecified atom stereocenters. The number of rotatable bonds is 20. The van der Waals surface area contributed by atoms with Gasteiger partial charge in [0.25, 0.3) is 11.8 Å². The summed E-state index contributed by atoms with van der Waals surface area (Å²) in [6.45, 7) is 5.75. The summed E-state index contributed by atoms with van der Waals surface area (Å²) in [5, 5.41) is 0. The Labute approximate surface area is 259 Å². The van der Waals surface area contributed by atoms with Crippen LogP contribution in [0.2, 0.25) is 0 Å². The lowest BCUT2D eigenvalue weighted by atomic mass is 10.1. The van der Waals surface area contributed by atoms with Crippen molar-refractivity contribution in [1.29, 1.82) is 0 Å². The van der Waals surface area contributed by atoms with E-state index in [-0.39, 0.29) is 18.4 Å². The molecule has 0 fully saturated rings. The minimum absolute atomic E-state index is 0.155.